The van der Waals surface area contributed by atoms with E-state index < -0.39 is 5.60 Å². The van der Waals surface area contributed by atoms with E-state index in [1.165, 1.54) is 24.3 Å². The Kier molecular flexibility index (Phi) is 5.36. The molecular weight excluding hydrogens is 297 g/mol. The van der Waals surface area contributed by atoms with E-state index in [1.54, 1.807) is 30.8 Å². The fraction of sp³-hybridized carbons (Fsp3) is 0.412. The van der Waals surface area contributed by atoms with Gasteiger partial charge in [0.2, 0.25) is 0 Å². The summed E-state index contributed by atoms with van der Waals surface area (Å²) in [6, 6.07) is 7.33. The maximum atomic E-state index is 12.9. The lowest BCUT2D eigenvalue weighted by atomic mass is 10.1. The number of carbonyl (C=O) groups excluding carboxylic acids is 1. The third-order valence-corrected chi connectivity index (χ3v) is 3.42. The number of amides is 1. The van der Waals surface area contributed by atoms with Gasteiger partial charge in [0.25, 0.3) is 5.91 Å². The maximum Gasteiger partial charge on any atom is 0.269 e. The summed E-state index contributed by atoms with van der Waals surface area (Å²) in [5.74, 6) is 0.435. The third-order valence-electron chi connectivity index (χ3n) is 3.42. The molecule has 0 spiro atoms. The summed E-state index contributed by atoms with van der Waals surface area (Å²) in [5.41, 5.74) is -1.10. The molecule has 1 heterocycles. The summed E-state index contributed by atoms with van der Waals surface area (Å²) < 4.78 is 20.4. The largest absolute Gasteiger partial charge is 0.478 e. The van der Waals surface area contributed by atoms with Crippen LogP contribution < -0.4 is 10.1 Å². The van der Waals surface area contributed by atoms with Crippen LogP contribution in [-0.4, -0.2) is 21.3 Å². The molecule has 0 aliphatic carbocycles. The summed E-state index contributed by atoms with van der Waals surface area (Å²) in [6.07, 6.45) is 3.69. The van der Waals surface area contributed by atoms with Crippen LogP contribution in [-0.2, 0) is 11.3 Å². The van der Waals surface area contributed by atoms with Crippen LogP contribution >= 0.6 is 0 Å². The van der Waals surface area contributed by atoms with E-state index >= 15 is 0 Å². The standard InChI is InChI=1S/C17H22FN3O2/c1-4-5-12-21-15(10-11-19-21)20-16(22)17(2,3)23-14-8-6-13(18)7-9-14/h6-11H,4-5,12H2,1-3H3,(H,20,22). The van der Waals surface area contributed by atoms with E-state index in [9.17, 15) is 9.18 Å². The van der Waals surface area contributed by atoms with E-state index in [1.807, 2.05) is 0 Å². The molecule has 5 nitrogen and oxygen atoms in total. The van der Waals surface area contributed by atoms with Crippen molar-refractivity contribution in [1.29, 1.82) is 0 Å². The highest BCUT2D eigenvalue weighted by Gasteiger charge is 2.30. The van der Waals surface area contributed by atoms with Gasteiger partial charge in [0.05, 0.1) is 6.20 Å². The molecule has 6 heteroatoms. The first-order valence-electron chi connectivity index (χ1n) is 7.70. The Morgan fingerprint density at radius 2 is 2.00 bits per heavy atom. The zero-order valence-electron chi connectivity index (χ0n) is 13.7. The number of rotatable bonds is 7. The van der Waals surface area contributed by atoms with E-state index in [2.05, 4.69) is 17.3 Å². The Labute approximate surface area is 135 Å². The van der Waals surface area contributed by atoms with Crippen molar-refractivity contribution in [3.63, 3.8) is 0 Å². The second-order valence-electron chi connectivity index (χ2n) is 5.81. The fourth-order valence-electron chi connectivity index (χ4n) is 2.04. The zero-order chi connectivity index (χ0) is 16.9. The summed E-state index contributed by atoms with van der Waals surface area (Å²) >= 11 is 0. The lowest BCUT2D eigenvalue weighted by molar-refractivity contribution is -0.128. The van der Waals surface area contributed by atoms with Crippen LogP contribution in [0.4, 0.5) is 10.2 Å². The number of halogens is 1. The molecule has 0 unspecified atom stereocenters. The van der Waals surface area contributed by atoms with Crippen molar-refractivity contribution in [3.05, 3.63) is 42.3 Å². The molecule has 2 aromatic rings. The second-order valence-corrected chi connectivity index (χ2v) is 5.81. The van der Waals surface area contributed by atoms with Gasteiger partial charge in [-0.1, -0.05) is 13.3 Å². The molecule has 0 aliphatic heterocycles. The van der Waals surface area contributed by atoms with Crippen LogP contribution in [0.2, 0.25) is 0 Å². The van der Waals surface area contributed by atoms with Crippen molar-refractivity contribution in [3.8, 4) is 5.75 Å². The van der Waals surface area contributed by atoms with Crippen molar-refractivity contribution in [1.82, 2.24) is 9.78 Å². The molecule has 124 valence electrons. The minimum absolute atomic E-state index is 0.292. The highest BCUT2D eigenvalue weighted by Crippen LogP contribution is 2.20. The second kappa shape index (κ2) is 7.26. The molecular formula is C17H22FN3O2. The van der Waals surface area contributed by atoms with E-state index in [-0.39, 0.29) is 11.7 Å². The third kappa shape index (κ3) is 4.55. The normalized spacial score (nSPS) is 11.3. The van der Waals surface area contributed by atoms with Gasteiger partial charge >= 0.3 is 0 Å². The summed E-state index contributed by atoms with van der Waals surface area (Å²) in [6.45, 7) is 6.18. The topological polar surface area (TPSA) is 56.2 Å². The van der Waals surface area contributed by atoms with Crippen molar-refractivity contribution in [2.45, 2.75) is 45.8 Å². The van der Waals surface area contributed by atoms with Gasteiger partial charge in [0, 0.05) is 12.6 Å². The van der Waals surface area contributed by atoms with Crippen LogP contribution in [0.15, 0.2) is 36.5 Å². The zero-order valence-corrected chi connectivity index (χ0v) is 13.7. The first-order chi connectivity index (χ1) is 10.9. The number of anilines is 1. The molecule has 0 bridgehead atoms. The van der Waals surface area contributed by atoms with Gasteiger partial charge in [-0.05, 0) is 44.5 Å². The number of hydrogen-bond acceptors (Lipinski definition) is 3. The van der Waals surface area contributed by atoms with Gasteiger partial charge in [0.15, 0.2) is 5.60 Å². The Bertz CT molecular complexity index is 650. The Morgan fingerprint density at radius 3 is 2.65 bits per heavy atom. The van der Waals surface area contributed by atoms with Crippen molar-refractivity contribution < 1.29 is 13.9 Å². The number of unbranched alkanes of at least 4 members (excludes halogenated alkanes) is 1. The molecule has 2 rings (SSSR count). The van der Waals surface area contributed by atoms with Crippen LogP contribution in [0.3, 0.4) is 0 Å². The van der Waals surface area contributed by atoms with Crippen LogP contribution in [0, 0.1) is 5.82 Å². The minimum atomic E-state index is -1.10. The quantitative estimate of drug-likeness (QED) is 0.848. The van der Waals surface area contributed by atoms with E-state index in [0.717, 1.165) is 19.4 Å². The minimum Gasteiger partial charge on any atom is -0.478 e. The first-order valence-corrected chi connectivity index (χ1v) is 7.70. The van der Waals surface area contributed by atoms with Gasteiger partial charge in [-0.2, -0.15) is 5.10 Å². The monoisotopic (exact) mass is 319 g/mol. The molecule has 1 aromatic heterocycles. The molecule has 0 aliphatic rings. The van der Waals surface area contributed by atoms with Crippen molar-refractivity contribution in [2.75, 3.05) is 5.32 Å². The number of aromatic nitrogens is 2. The van der Waals surface area contributed by atoms with Crippen molar-refractivity contribution in [2.24, 2.45) is 0 Å². The molecule has 1 N–H and O–H groups in total. The number of carbonyl (C=O) groups is 1. The fourth-order valence-corrected chi connectivity index (χ4v) is 2.04. The molecule has 1 aromatic carbocycles. The molecule has 23 heavy (non-hydrogen) atoms. The van der Waals surface area contributed by atoms with E-state index in [4.69, 9.17) is 4.74 Å². The average molecular weight is 319 g/mol. The highest BCUT2D eigenvalue weighted by molar-refractivity contribution is 5.96. The van der Waals surface area contributed by atoms with E-state index in [0.29, 0.717) is 11.6 Å². The molecule has 0 saturated heterocycles. The number of nitrogens with zero attached hydrogens (tertiary/aromatic N) is 2. The summed E-state index contributed by atoms with van der Waals surface area (Å²) in [4.78, 5) is 12.5. The lowest BCUT2D eigenvalue weighted by Crippen LogP contribution is -2.43. The molecule has 1 amide bonds. The van der Waals surface area contributed by atoms with Gasteiger partial charge < -0.3 is 10.1 Å². The van der Waals surface area contributed by atoms with Gasteiger partial charge in [-0.15, -0.1) is 0 Å². The Morgan fingerprint density at radius 1 is 1.30 bits per heavy atom. The smallest absolute Gasteiger partial charge is 0.269 e. The maximum absolute atomic E-state index is 12.9. The predicted octanol–water partition coefficient (Wildman–Crippen LogP) is 3.62. The van der Waals surface area contributed by atoms with Gasteiger partial charge in [-0.3, -0.25) is 4.79 Å². The SMILES string of the molecule is CCCCn1nccc1NC(=O)C(C)(C)Oc1ccc(F)cc1. The van der Waals surface area contributed by atoms with Crippen LogP contribution in [0.25, 0.3) is 0 Å². The predicted molar refractivity (Wildman–Crippen MR) is 86.9 cm³/mol. The first kappa shape index (κ1) is 17.0. The van der Waals surface area contributed by atoms with Crippen molar-refractivity contribution >= 4 is 11.7 Å². The summed E-state index contributed by atoms with van der Waals surface area (Å²) in [5, 5.41) is 7.04. The lowest BCUT2D eigenvalue weighted by Gasteiger charge is -2.25. The van der Waals surface area contributed by atoms with Crippen LogP contribution in [0.5, 0.6) is 5.75 Å². The average Bonchev–Trinajstić information content (AvgIpc) is 2.94. The number of aryl methyl sites for hydroxylation is 1. The van der Waals surface area contributed by atoms with Crippen LogP contribution in [0.1, 0.15) is 33.6 Å². The van der Waals surface area contributed by atoms with Gasteiger partial charge in [-0.25, -0.2) is 9.07 Å². The summed E-state index contributed by atoms with van der Waals surface area (Å²) in [7, 11) is 0. The number of ether oxygens (including phenoxy) is 1. The number of benzene rings is 1. The highest BCUT2D eigenvalue weighted by atomic mass is 19.1. The molecule has 0 fully saturated rings. The van der Waals surface area contributed by atoms with Gasteiger partial charge in [0.1, 0.15) is 17.4 Å². The Hall–Kier alpha value is -2.37. The molecule has 0 saturated carbocycles. The molecule has 0 atom stereocenters. The Balaban J connectivity index is 2.03. The molecule has 0 radical (unpaired) electrons. The number of hydrogen-bond donors (Lipinski definition) is 1. The number of nitrogens with one attached hydrogen (secondary N) is 1.